The standard InChI is InChI=1S/C32H28N6O2S/c39-29(22-40-26-9-2-1-3-10-26)35-24-13-15-25(16-14-24)38-31(30(36-32(38)41)27-11-4-5-18-34-27)28-12-7-19-37(28)21-23-8-6-17-33-20-23/h1-20,30-31H,21-22H2,(H,35,39)(H,36,41)/t30-,31-/m1/s1. The van der Waals surface area contributed by atoms with Gasteiger partial charge >= 0.3 is 0 Å². The molecule has 9 heteroatoms. The number of carbonyl (C=O) groups is 1. The van der Waals surface area contributed by atoms with Crippen molar-refractivity contribution in [2.45, 2.75) is 18.6 Å². The van der Waals surface area contributed by atoms with Crippen molar-refractivity contribution in [3.63, 3.8) is 0 Å². The summed E-state index contributed by atoms with van der Waals surface area (Å²) in [6.07, 6.45) is 7.54. The van der Waals surface area contributed by atoms with Crippen LogP contribution in [0.3, 0.4) is 0 Å². The van der Waals surface area contributed by atoms with Crippen molar-refractivity contribution in [3.8, 4) is 5.75 Å². The minimum Gasteiger partial charge on any atom is -0.484 e. The number of pyridine rings is 2. The summed E-state index contributed by atoms with van der Waals surface area (Å²) in [5.74, 6) is 0.413. The summed E-state index contributed by atoms with van der Waals surface area (Å²) in [4.78, 5) is 23.5. The summed E-state index contributed by atoms with van der Waals surface area (Å²) < 4.78 is 7.79. The van der Waals surface area contributed by atoms with Gasteiger partial charge in [-0.25, -0.2) is 0 Å². The molecule has 4 heterocycles. The fourth-order valence-corrected chi connectivity index (χ4v) is 5.38. The maximum absolute atomic E-state index is 12.5. The number of rotatable bonds is 9. The topological polar surface area (TPSA) is 84.3 Å². The number of nitrogens with one attached hydrogen (secondary N) is 2. The molecule has 3 aromatic heterocycles. The van der Waals surface area contributed by atoms with Gasteiger partial charge in [0.15, 0.2) is 11.7 Å². The smallest absolute Gasteiger partial charge is 0.262 e. The Hall–Kier alpha value is -5.02. The maximum Gasteiger partial charge on any atom is 0.262 e. The number of amides is 1. The van der Waals surface area contributed by atoms with Gasteiger partial charge in [0.05, 0.1) is 11.7 Å². The van der Waals surface area contributed by atoms with Crippen molar-refractivity contribution < 1.29 is 9.53 Å². The first-order valence-corrected chi connectivity index (χ1v) is 13.7. The Morgan fingerprint density at radius 2 is 1.76 bits per heavy atom. The summed E-state index contributed by atoms with van der Waals surface area (Å²) in [6.45, 7) is 0.603. The molecule has 1 aliphatic heterocycles. The number of nitrogens with zero attached hydrogens (tertiary/aromatic N) is 4. The second-order valence-electron chi connectivity index (χ2n) is 9.62. The lowest BCUT2D eigenvalue weighted by Gasteiger charge is -2.29. The molecule has 2 N–H and O–H groups in total. The fourth-order valence-electron chi connectivity index (χ4n) is 5.03. The zero-order valence-electron chi connectivity index (χ0n) is 22.1. The first kappa shape index (κ1) is 26.2. The molecule has 8 nitrogen and oxygen atoms in total. The summed E-state index contributed by atoms with van der Waals surface area (Å²) in [5, 5.41) is 7.01. The number of ether oxygens (including phenoxy) is 1. The average Bonchev–Trinajstić information content (AvgIpc) is 3.61. The first-order chi connectivity index (χ1) is 20.2. The minimum atomic E-state index is -0.235. The highest BCUT2D eigenvalue weighted by molar-refractivity contribution is 7.80. The number of thiocarbonyl (C=S) groups is 1. The molecule has 6 rings (SSSR count). The molecule has 5 aromatic rings. The highest BCUT2D eigenvalue weighted by Crippen LogP contribution is 2.42. The van der Waals surface area contributed by atoms with Gasteiger partial charge in [-0.3, -0.25) is 14.8 Å². The van der Waals surface area contributed by atoms with Crippen LogP contribution >= 0.6 is 12.2 Å². The average molecular weight is 561 g/mol. The summed E-state index contributed by atoms with van der Waals surface area (Å²) in [6, 6.07) is 30.7. The van der Waals surface area contributed by atoms with Crippen LogP contribution in [0.2, 0.25) is 0 Å². The van der Waals surface area contributed by atoms with E-state index < -0.39 is 0 Å². The van der Waals surface area contributed by atoms with Gasteiger partial charge in [0.1, 0.15) is 11.8 Å². The highest BCUT2D eigenvalue weighted by Gasteiger charge is 2.42. The monoisotopic (exact) mass is 560 g/mol. The van der Waals surface area contributed by atoms with Crippen LogP contribution in [-0.2, 0) is 11.3 Å². The third kappa shape index (κ3) is 5.95. The largest absolute Gasteiger partial charge is 0.484 e. The molecule has 1 fully saturated rings. The van der Waals surface area contributed by atoms with E-state index in [1.165, 1.54) is 0 Å². The van der Waals surface area contributed by atoms with Gasteiger partial charge in [0.25, 0.3) is 5.91 Å². The zero-order valence-corrected chi connectivity index (χ0v) is 22.9. The predicted octanol–water partition coefficient (Wildman–Crippen LogP) is 5.52. The first-order valence-electron chi connectivity index (χ1n) is 13.3. The SMILES string of the molecule is O=C(COc1ccccc1)Nc1ccc(N2C(=S)N[C@H](c3ccccn3)[C@H]2c2cccn2Cc2cccnc2)cc1. The summed E-state index contributed by atoms with van der Waals surface area (Å²) in [5.41, 5.74) is 4.67. The Morgan fingerprint density at radius 1 is 0.927 bits per heavy atom. The molecule has 2 aromatic carbocycles. The van der Waals surface area contributed by atoms with Gasteiger partial charge in [-0.1, -0.05) is 30.3 Å². The van der Waals surface area contributed by atoms with Gasteiger partial charge in [-0.15, -0.1) is 0 Å². The second-order valence-corrected chi connectivity index (χ2v) is 10.0. The molecule has 1 amide bonds. The molecule has 1 saturated heterocycles. The quantitative estimate of drug-likeness (QED) is 0.230. The number of aromatic nitrogens is 3. The van der Waals surface area contributed by atoms with Crippen LogP contribution in [0.4, 0.5) is 11.4 Å². The third-order valence-corrected chi connectivity index (χ3v) is 7.20. The normalized spacial score (nSPS) is 16.3. The van der Waals surface area contributed by atoms with Crippen LogP contribution in [0.1, 0.15) is 29.0 Å². The van der Waals surface area contributed by atoms with Crippen molar-refractivity contribution in [2.75, 3.05) is 16.8 Å². The summed E-state index contributed by atoms with van der Waals surface area (Å²) >= 11 is 5.89. The van der Waals surface area contributed by atoms with Gasteiger partial charge in [0, 0.05) is 48.4 Å². The van der Waals surface area contributed by atoms with Crippen LogP contribution in [0.25, 0.3) is 0 Å². The summed E-state index contributed by atoms with van der Waals surface area (Å²) in [7, 11) is 0. The fraction of sp³-hybridized carbons (Fsp3) is 0.125. The molecule has 0 aliphatic carbocycles. The van der Waals surface area contributed by atoms with Crippen LogP contribution in [0.15, 0.2) is 122 Å². The molecule has 0 bridgehead atoms. The van der Waals surface area contributed by atoms with E-state index in [0.717, 1.165) is 22.6 Å². The van der Waals surface area contributed by atoms with E-state index >= 15 is 0 Å². The van der Waals surface area contributed by atoms with Gasteiger partial charge < -0.3 is 24.8 Å². The van der Waals surface area contributed by atoms with Gasteiger partial charge in [-0.05, 0) is 84.5 Å². The van der Waals surface area contributed by atoms with Crippen LogP contribution < -0.4 is 20.3 Å². The number of benzene rings is 2. The Balaban J connectivity index is 1.25. The van der Waals surface area contributed by atoms with Gasteiger partial charge in [0.2, 0.25) is 0 Å². The predicted molar refractivity (Wildman–Crippen MR) is 163 cm³/mol. The van der Waals surface area contributed by atoms with E-state index in [9.17, 15) is 4.79 Å². The van der Waals surface area contributed by atoms with Gasteiger partial charge in [-0.2, -0.15) is 0 Å². The molecule has 0 unspecified atom stereocenters. The number of para-hydroxylation sites is 1. The lowest BCUT2D eigenvalue weighted by Crippen LogP contribution is -2.30. The Bertz CT molecular complexity index is 1610. The van der Waals surface area contributed by atoms with E-state index in [-0.39, 0.29) is 24.6 Å². The lowest BCUT2D eigenvalue weighted by atomic mass is 10.0. The Labute approximate surface area is 243 Å². The molecule has 204 valence electrons. The van der Waals surface area contributed by atoms with Crippen LogP contribution in [0.5, 0.6) is 5.75 Å². The third-order valence-electron chi connectivity index (χ3n) is 6.88. The molecule has 0 saturated carbocycles. The second kappa shape index (κ2) is 12.0. The van der Waals surface area contributed by atoms with E-state index in [1.54, 1.807) is 12.4 Å². The molecule has 0 spiro atoms. The minimum absolute atomic E-state index is 0.0757. The Kier molecular flexibility index (Phi) is 7.68. The van der Waals surface area contributed by atoms with Crippen LogP contribution in [0, 0.1) is 0 Å². The molecular formula is C32H28N6O2S. The Morgan fingerprint density at radius 3 is 2.51 bits per heavy atom. The van der Waals surface area contributed by atoms with E-state index in [1.807, 2.05) is 85.1 Å². The van der Waals surface area contributed by atoms with Crippen molar-refractivity contribution in [1.29, 1.82) is 0 Å². The van der Waals surface area contributed by atoms with E-state index in [4.69, 9.17) is 17.0 Å². The van der Waals surface area contributed by atoms with E-state index in [2.05, 4.69) is 54.5 Å². The number of hydrogen-bond acceptors (Lipinski definition) is 5. The number of anilines is 2. The number of carbonyl (C=O) groups excluding carboxylic acids is 1. The van der Waals surface area contributed by atoms with Crippen molar-refractivity contribution in [1.82, 2.24) is 19.9 Å². The molecular weight excluding hydrogens is 532 g/mol. The lowest BCUT2D eigenvalue weighted by molar-refractivity contribution is -0.118. The highest BCUT2D eigenvalue weighted by atomic mass is 32.1. The van der Waals surface area contributed by atoms with Crippen molar-refractivity contribution in [2.24, 2.45) is 0 Å². The number of hydrogen-bond donors (Lipinski definition) is 2. The maximum atomic E-state index is 12.5. The molecule has 41 heavy (non-hydrogen) atoms. The molecule has 0 radical (unpaired) electrons. The molecule has 2 atom stereocenters. The van der Waals surface area contributed by atoms with Crippen molar-refractivity contribution in [3.05, 3.63) is 139 Å². The van der Waals surface area contributed by atoms with E-state index in [0.29, 0.717) is 23.1 Å². The van der Waals surface area contributed by atoms with Crippen LogP contribution in [-0.4, -0.2) is 32.2 Å². The zero-order chi connectivity index (χ0) is 28.0. The molecule has 1 aliphatic rings. The van der Waals surface area contributed by atoms with Crippen molar-refractivity contribution >= 4 is 34.6 Å².